The molecule has 11 nitrogen and oxygen atoms in total. The highest BCUT2D eigenvalue weighted by Crippen LogP contribution is 2.36. The van der Waals surface area contributed by atoms with Gasteiger partial charge >= 0.3 is 6.18 Å². The first-order valence-electron chi connectivity index (χ1n) is 15.8. The van der Waals surface area contributed by atoms with E-state index in [1.807, 2.05) is 42.5 Å². The number of pyridine rings is 1. The van der Waals surface area contributed by atoms with Gasteiger partial charge in [0, 0.05) is 51.5 Å². The van der Waals surface area contributed by atoms with Crippen LogP contribution in [0.25, 0.3) is 0 Å². The molecule has 0 bridgehead atoms. The highest BCUT2D eigenvalue weighted by Gasteiger charge is 2.46. The zero-order chi connectivity index (χ0) is 33.3. The molecule has 5 heterocycles. The van der Waals surface area contributed by atoms with E-state index in [0.29, 0.717) is 38.4 Å². The predicted octanol–water partition coefficient (Wildman–Crippen LogP) is 3.65. The molecule has 7 rings (SSSR count). The Labute approximate surface area is 274 Å². The van der Waals surface area contributed by atoms with Gasteiger partial charge in [0.05, 0.1) is 42.6 Å². The number of nitrogens with zero attached hydrogens (tertiary/aromatic N) is 7. The molecular formula is C34H34F3N7O4. The zero-order valence-corrected chi connectivity index (χ0v) is 26.0. The molecule has 0 unspecified atom stereocenters. The average molecular weight is 662 g/mol. The van der Waals surface area contributed by atoms with Crippen LogP contribution in [0.1, 0.15) is 39.2 Å². The van der Waals surface area contributed by atoms with Gasteiger partial charge in [-0.05, 0) is 35.4 Å². The number of hydrogen-bond donors (Lipinski definition) is 0. The first kappa shape index (κ1) is 31.8. The maximum absolute atomic E-state index is 14.2. The summed E-state index contributed by atoms with van der Waals surface area (Å²) < 4.78 is 55.2. The maximum Gasteiger partial charge on any atom is 0.416 e. The van der Waals surface area contributed by atoms with Crippen molar-refractivity contribution in [2.45, 2.75) is 50.5 Å². The predicted molar refractivity (Wildman–Crippen MR) is 166 cm³/mol. The van der Waals surface area contributed by atoms with E-state index < -0.39 is 29.8 Å². The summed E-state index contributed by atoms with van der Waals surface area (Å²) in [6.07, 6.45) is 0.158. The first-order chi connectivity index (χ1) is 23.2. The molecule has 2 aromatic heterocycles. The fourth-order valence-corrected chi connectivity index (χ4v) is 6.61. The quantitative estimate of drug-likeness (QED) is 0.296. The topological polar surface area (TPSA) is 106 Å². The van der Waals surface area contributed by atoms with Gasteiger partial charge < -0.3 is 19.3 Å². The van der Waals surface area contributed by atoms with E-state index >= 15 is 0 Å². The van der Waals surface area contributed by atoms with Crippen molar-refractivity contribution in [1.29, 1.82) is 0 Å². The molecule has 0 radical (unpaired) electrons. The standard InChI is InChI=1S/C34H34F3N7O4/c35-34(36,37)25-8-9-31-29(13-25)32(45)44-20-28(47-21-26-18-42(40-39-26)17-24-7-4-10-38-15-24)14-30(44)33(46)43-12-11-41(19-27(43)22-48-31)16-23-5-2-1-3-6-23/h1-10,13,15,18,27-28,30H,11-12,14,16-17,19-22H2/t27-,28+,30-/m0/s1. The lowest BCUT2D eigenvalue weighted by Crippen LogP contribution is -2.61. The molecule has 0 spiro atoms. The Morgan fingerprint density at radius 3 is 2.56 bits per heavy atom. The maximum atomic E-state index is 14.2. The molecule has 3 aliphatic heterocycles. The molecule has 2 saturated heterocycles. The molecule has 48 heavy (non-hydrogen) atoms. The number of aromatic nitrogens is 4. The smallest absolute Gasteiger partial charge is 0.416 e. The minimum atomic E-state index is -4.66. The Morgan fingerprint density at radius 1 is 0.938 bits per heavy atom. The second kappa shape index (κ2) is 13.4. The van der Waals surface area contributed by atoms with Gasteiger partial charge in [0.25, 0.3) is 5.91 Å². The number of rotatable bonds is 7. The van der Waals surface area contributed by atoms with E-state index in [9.17, 15) is 22.8 Å². The van der Waals surface area contributed by atoms with Gasteiger partial charge in [0.15, 0.2) is 0 Å². The van der Waals surface area contributed by atoms with Crippen LogP contribution in [0.2, 0.25) is 0 Å². The summed E-state index contributed by atoms with van der Waals surface area (Å²) >= 11 is 0. The van der Waals surface area contributed by atoms with E-state index in [-0.39, 0.29) is 49.4 Å². The lowest BCUT2D eigenvalue weighted by molar-refractivity contribution is -0.142. The number of halogens is 3. The number of ether oxygens (including phenoxy) is 2. The summed E-state index contributed by atoms with van der Waals surface area (Å²) in [5.74, 6) is -0.916. The van der Waals surface area contributed by atoms with Crippen molar-refractivity contribution < 1.29 is 32.2 Å². The fraction of sp³-hybridized carbons (Fsp3) is 0.382. The molecule has 2 amide bonds. The average Bonchev–Trinajstić information content (AvgIpc) is 3.73. The van der Waals surface area contributed by atoms with Crippen LogP contribution < -0.4 is 4.74 Å². The first-order valence-corrected chi connectivity index (χ1v) is 15.8. The van der Waals surface area contributed by atoms with Crippen molar-refractivity contribution in [2.24, 2.45) is 0 Å². The van der Waals surface area contributed by atoms with Crippen molar-refractivity contribution in [3.8, 4) is 5.75 Å². The van der Waals surface area contributed by atoms with Gasteiger partial charge in [-0.2, -0.15) is 13.2 Å². The number of piperazine rings is 1. The van der Waals surface area contributed by atoms with E-state index in [1.54, 1.807) is 28.2 Å². The molecule has 2 fully saturated rings. The summed E-state index contributed by atoms with van der Waals surface area (Å²) in [6.45, 7) is 2.84. The molecule has 4 aromatic rings. The van der Waals surface area contributed by atoms with Crippen LogP contribution in [0.5, 0.6) is 5.75 Å². The van der Waals surface area contributed by atoms with Gasteiger partial charge in [-0.15, -0.1) is 5.10 Å². The van der Waals surface area contributed by atoms with Gasteiger partial charge in [-0.3, -0.25) is 19.5 Å². The molecular weight excluding hydrogens is 627 g/mol. The Bertz CT molecular complexity index is 1750. The number of alkyl halides is 3. The molecule has 14 heteroatoms. The minimum Gasteiger partial charge on any atom is -0.491 e. The molecule has 3 atom stereocenters. The summed E-state index contributed by atoms with van der Waals surface area (Å²) in [4.78, 5) is 37.6. The normalized spacial score (nSPS) is 21.8. The SMILES string of the molecule is O=C1[C@@H]2C[C@@H](OCc3cn(Cc4cccnc4)nn3)CN2C(=O)c2cc(C(F)(F)F)ccc2OC[C@@H]2CN(Cc3ccccc3)CCN12. The van der Waals surface area contributed by atoms with Gasteiger partial charge in [-0.1, -0.05) is 41.6 Å². The van der Waals surface area contributed by atoms with Crippen molar-refractivity contribution >= 4 is 11.8 Å². The largest absolute Gasteiger partial charge is 0.491 e. The second-order valence-electron chi connectivity index (χ2n) is 12.3. The number of fused-ring (bicyclic) bond motifs is 3. The Morgan fingerprint density at radius 2 is 1.77 bits per heavy atom. The van der Waals surface area contributed by atoms with Crippen LogP contribution in [-0.4, -0.2) is 97.5 Å². The monoisotopic (exact) mass is 661 g/mol. The molecule has 0 saturated carbocycles. The van der Waals surface area contributed by atoms with Gasteiger partial charge in [0.2, 0.25) is 5.91 Å². The van der Waals surface area contributed by atoms with Crippen molar-refractivity contribution in [3.63, 3.8) is 0 Å². The van der Waals surface area contributed by atoms with Crippen molar-refractivity contribution in [1.82, 2.24) is 34.7 Å². The third kappa shape index (κ3) is 6.90. The molecule has 0 N–H and O–H groups in total. The lowest BCUT2D eigenvalue weighted by Gasteiger charge is -2.43. The highest BCUT2D eigenvalue weighted by molar-refractivity contribution is 6.00. The second-order valence-corrected chi connectivity index (χ2v) is 12.3. The van der Waals surface area contributed by atoms with Gasteiger partial charge in [-0.25, -0.2) is 4.68 Å². The molecule has 250 valence electrons. The fourth-order valence-electron chi connectivity index (χ4n) is 6.61. The van der Waals surface area contributed by atoms with Crippen LogP contribution >= 0.6 is 0 Å². The van der Waals surface area contributed by atoms with Crippen LogP contribution in [-0.2, 0) is 35.4 Å². The van der Waals surface area contributed by atoms with Crippen LogP contribution in [0.15, 0.2) is 79.3 Å². The molecule has 3 aliphatic rings. The number of carbonyl (C=O) groups is 2. The summed E-state index contributed by atoms with van der Waals surface area (Å²) in [7, 11) is 0. The molecule has 0 aliphatic carbocycles. The zero-order valence-electron chi connectivity index (χ0n) is 26.0. The number of benzene rings is 2. The minimum absolute atomic E-state index is 0.0212. The van der Waals surface area contributed by atoms with E-state index in [0.717, 1.165) is 23.3 Å². The van der Waals surface area contributed by atoms with Crippen LogP contribution in [0, 0.1) is 0 Å². The Balaban J connectivity index is 1.12. The molecule has 2 aromatic carbocycles. The third-order valence-electron chi connectivity index (χ3n) is 9.00. The van der Waals surface area contributed by atoms with Crippen LogP contribution in [0.3, 0.4) is 0 Å². The Kier molecular flexibility index (Phi) is 8.84. The number of carbonyl (C=O) groups excluding carboxylic acids is 2. The number of amides is 2. The van der Waals surface area contributed by atoms with Crippen molar-refractivity contribution in [2.75, 3.05) is 32.8 Å². The van der Waals surface area contributed by atoms with Gasteiger partial charge in [0.1, 0.15) is 24.1 Å². The van der Waals surface area contributed by atoms with E-state index in [2.05, 4.69) is 20.2 Å². The van der Waals surface area contributed by atoms with Crippen LogP contribution in [0.4, 0.5) is 13.2 Å². The third-order valence-corrected chi connectivity index (χ3v) is 9.00. The lowest BCUT2D eigenvalue weighted by atomic mass is 10.0. The van der Waals surface area contributed by atoms with E-state index in [1.165, 1.54) is 11.0 Å². The summed E-state index contributed by atoms with van der Waals surface area (Å²) in [5, 5.41) is 8.34. The van der Waals surface area contributed by atoms with E-state index in [4.69, 9.17) is 9.47 Å². The Hall–Kier alpha value is -4.82. The van der Waals surface area contributed by atoms with Crippen molar-refractivity contribution in [3.05, 3.63) is 107 Å². The summed E-state index contributed by atoms with van der Waals surface area (Å²) in [6, 6.07) is 15.4. The highest BCUT2D eigenvalue weighted by atomic mass is 19.4. The summed E-state index contributed by atoms with van der Waals surface area (Å²) in [5.41, 5.74) is 1.45. The number of hydrogen-bond acceptors (Lipinski definition) is 8.